The second-order valence-electron chi connectivity index (χ2n) is 6.58. The van der Waals surface area contributed by atoms with Gasteiger partial charge in [0.25, 0.3) is 6.02 Å². The number of aliphatic carboxylic acids is 1. The van der Waals surface area contributed by atoms with Crippen molar-refractivity contribution in [3.8, 4) is 0 Å². The summed E-state index contributed by atoms with van der Waals surface area (Å²) < 4.78 is 5.58. The van der Waals surface area contributed by atoms with Crippen LogP contribution in [0.25, 0.3) is 0 Å². The molecule has 2 aliphatic heterocycles. The predicted molar refractivity (Wildman–Crippen MR) is 95.3 cm³/mol. The standard InChI is InChI=1S/C17H28N2O4S/c18-17-19-13-11-24-14(16(13)23-17)9-6-5-8-12(20)7-3-1-2-4-10-15(21)22/h13-14,16H,1-11H2,(H2,18,19)(H,21,22)/t13-,14-,16-/m0/s1. The first-order valence-corrected chi connectivity index (χ1v) is 9.96. The van der Waals surface area contributed by atoms with Gasteiger partial charge in [0.15, 0.2) is 0 Å². The maximum Gasteiger partial charge on any atom is 0.303 e. The van der Waals surface area contributed by atoms with Crippen LogP contribution in [0.1, 0.15) is 64.2 Å². The molecule has 0 aliphatic carbocycles. The molecule has 0 bridgehead atoms. The lowest BCUT2D eigenvalue weighted by atomic mass is 10.0. The van der Waals surface area contributed by atoms with Crippen LogP contribution in [0.15, 0.2) is 4.99 Å². The molecule has 6 nitrogen and oxygen atoms in total. The van der Waals surface area contributed by atoms with E-state index in [0.717, 1.165) is 44.3 Å². The van der Waals surface area contributed by atoms with E-state index in [4.69, 9.17) is 15.6 Å². The fraction of sp³-hybridized carbons (Fsp3) is 0.824. The summed E-state index contributed by atoms with van der Waals surface area (Å²) >= 11 is 1.90. The lowest BCUT2D eigenvalue weighted by molar-refractivity contribution is -0.137. The number of fused-ring (bicyclic) bond motifs is 1. The maximum absolute atomic E-state index is 11.8. The summed E-state index contributed by atoms with van der Waals surface area (Å²) in [6.07, 6.45) is 8.10. The number of aliphatic imine (C=N–C) groups is 1. The zero-order chi connectivity index (χ0) is 17.4. The number of Topliss-reactive ketones (excluding diaryl/α,β-unsaturated/α-hetero) is 1. The second kappa shape index (κ2) is 9.91. The van der Waals surface area contributed by atoms with Crippen LogP contribution in [0.4, 0.5) is 0 Å². The molecule has 0 unspecified atom stereocenters. The minimum Gasteiger partial charge on any atom is -0.481 e. The average molecular weight is 356 g/mol. The topological polar surface area (TPSA) is 102 Å². The molecule has 0 spiro atoms. The number of nitrogens with zero attached hydrogens (tertiary/aromatic N) is 1. The molecular formula is C17H28N2O4S. The summed E-state index contributed by atoms with van der Waals surface area (Å²) in [6.45, 7) is 0. The van der Waals surface area contributed by atoms with Crippen LogP contribution >= 0.6 is 11.8 Å². The number of nitrogens with two attached hydrogens (primary N) is 1. The van der Waals surface area contributed by atoms with Crippen molar-refractivity contribution in [1.82, 2.24) is 0 Å². The van der Waals surface area contributed by atoms with Gasteiger partial charge in [-0.15, -0.1) is 0 Å². The Labute approximate surface area is 147 Å². The van der Waals surface area contributed by atoms with Crippen molar-refractivity contribution in [3.63, 3.8) is 0 Å². The lowest BCUT2D eigenvalue weighted by Crippen LogP contribution is -2.28. The summed E-state index contributed by atoms with van der Waals surface area (Å²) in [5.74, 6) is 0.571. The molecule has 2 rings (SSSR count). The van der Waals surface area contributed by atoms with E-state index in [1.165, 1.54) is 0 Å². The smallest absolute Gasteiger partial charge is 0.303 e. The van der Waals surface area contributed by atoms with Crippen molar-refractivity contribution < 1.29 is 19.4 Å². The van der Waals surface area contributed by atoms with Crippen molar-refractivity contribution in [1.29, 1.82) is 0 Å². The highest BCUT2D eigenvalue weighted by atomic mass is 32.2. The summed E-state index contributed by atoms with van der Waals surface area (Å²) in [4.78, 5) is 26.5. The fourth-order valence-corrected chi connectivity index (χ4v) is 4.72. The minimum absolute atomic E-state index is 0.136. The number of carboxylic acid groups (broad SMARTS) is 1. The Morgan fingerprint density at radius 3 is 2.50 bits per heavy atom. The summed E-state index contributed by atoms with van der Waals surface area (Å²) in [7, 11) is 0. The highest BCUT2D eigenvalue weighted by molar-refractivity contribution is 8.00. The van der Waals surface area contributed by atoms with Gasteiger partial charge in [-0.25, -0.2) is 4.99 Å². The van der Waals surface area contributed by atoms with Crippen LogP contribution in [0.5, 0.6) is 0 Å². The van der Waals surface area contributed by atoms with Gasteiger partial charge in [0.1, 0.15) is 17.9 Å². The van der Waals surface area contributed by atoms with Crippen LogP contribution in [0.3, 0.4) is 0 Å². The number of hydrogen-bond donors (Lipinski definition) is 2. The maximum atomic E-state index is 11.8. The van der Waals surface area contributed by atoms with Crippen LogP contribution in [0, 0.1) is 0 Å². The van der Waals surface area contributed by atoms with Crippen molar-refractivity contribution in [2.24, 2.45) is 10.7 Å². The van der Waals surface area contributed by atoms with E-state index in [-0.39, 0.29) is 18.6 Å². The monoisotopic (exact) mass is 356 g/mol. The zero-order valence-corrected chi connectivity index (χ0v) is 14.9. The number of unbranched alkanes of at least 4 members (excludes halogenated alkanes) is 4. The number of ketones is 1. The number of rotatable bonds is 12. The summed E-state index contributed by atoms with van der Waals surface area (Å²) in [6, 6.07) is 0.552. The van der Waals surface area contributed by atoms with Crippen LogP contribution in [-0.4, -0.2) is 46.0 Å². The van der Waals surface area contributed by atoms with Crippen molar-refractivity contribution in [2.45, 2.75) is 81.6 Å². The summed E-state index contributed by atoms with van der Waals surface area (Å²) in [5, 5.41) is 8.99. The van der Waals surface area contributed by atoms with Gasteiger partial charge in [-0.1, -0.05) is 19.3 Å². The number of amidine groups is 1. The Bertz CT molecular complexity index is 470. The molecule has 0 radical (unpaired) electrons. The van der Waals surface area contributed by atoms with E-state index in [9.17, 15) is 9.59 Å². The van der Waals surface area contributed by atoms with Crippen LogP contribution < -0.4 is 5.73 Å². The molecule has 136 valence electrons. The molecule has 2 aliphatic rings. The van der Waals surface area contributed by atoms with Gasteiger partial charge in [0.2, 0.25) is 0 Å². The third-order valence-electron chi connectivity index (χ3n) is 4.57. The highest BCUT2D eigenvalue weighted by Gasteiger charge is 2.42. The van der Waals surface area contributed by atoms with Gasteiger partial charge in [-0.05, 0) is 25.7 Å². The van der Waals surface area contributed by atoms with E-state index in [1.807, 2.05) is 11.8 Å². The van der Waals surface area contributed by atoms with E-state index in [1.54, 1.807) is 0 Å². The first kappa shape index (κ1) is 19.1. The Balaban J connectivity index is 1.45. The quantitative estimate of drug-likeness (QED) is 0.521. The lowest BCUT2D eigenvalue weighted by Gasteiger charge is -2.16. The summed E-state index contributed by atoms with van der Waals surface area (Å²) in [5.41, 5.74) is 5.62. The second-order valence-corrected chi connectivity index (χ2v) is 7.85. The van der Waals surface area contributed by atoms with Gasteiger partial charge in [0.05, 0.1) is 0 Å². The zero-order valence-electron chi connectivity index (χ0n) is 14.1. The molecule has 24 heavy (non-hydrogen) atoms. The van der Waals surface area contributed by atoms with E-state index < -0.39 is 5.97 Å². The molecule has 2 heterocycles. The fourth-order valence-electron chi connectivity index (χ4n) is 3.25. The van der Waals surface area contributed by atoms with E-state index in [2.05, 4.69) is 4.99 Å². The molecule has 0 aromatic rings. The molecule has 1 saturated heterocycles. The van der Waals surface area contributed by atoms with Crippen LogP contribution in [-0.2, 0) is 14.3 Å². The molecule has 0 amide bonds. The van der Waals surface area contributed by atoms with E-state index >= 15 is 0 Å². The van der Waals surface area contributed by atoms with Crippen molar-refractivity contribution in [2.75, 3.05) is 5.75 Å². The first-order chi connectivity index (χ1) is 11.6. The number of carboxylic acids is 1. The molecule has 0 saturated carbocycles. The SMILES string of the molecule is NC1=N[C@H]2CS[C@@H](CCCCC(=O)CCCCCCC(=O)O)[C@H]2O1. The number of carbonyl (C=O) groups excluding carboxylic acids is 1. The average Bonchev–Trinajstić information content (AvgIpc) is 3.06. The molecule has 0 aromatic carbocycles. The van der Waals surface area contributed by atoms with Gasteiger partial charge in [-0.3, -0.25) is 9.59 Å². The van der Waals surface area contributed by atoms with E-state index in [0.29, 0.717) is 36.3 Å². The van der Waals surface area contributed by atoms with Crippen molar-refractivity contribution in [3.05, 3.63) is 0 Å². The number of ether oxygens (including phenoxy) is 1. The third kappa shape index (κ3) is 6.34. The van der Waals surface area contributed by atoms with Crippen LogP contribution in [0.2, 0.25) is 0 Å². The van der Waals surface area contributed by atoms with Gasteiger partial charge < -0.3 is 15.6 Å². The molecular weight excluding hydrogens is 328 g/mol. The van der Waals surface area contributed by atoms with Gasteiger partial charge in [-0.2, -0.15) is 11.8 Å². The molecule has 1 fully saturated rings. The van der Waals surface area contributed by atoms with Crippen molar-refractivity contribution >= 4 is 29.5 Å². The predicted octanol–water partition coefficient (Wildman–Crippen LogP) is 2.74. The molecule has 3 N–H and O–H groups in total. The minimum atomic E-state index is -0.741. The normalized spacial score (nSPS) is 25.2. The van der Waals surface area contributed by atoms with Gasteiger partial charge in [0, 0.05) is 30.3 Å². The van der Waals surface area contributed by atoms with Gasteiger partial charge >= 0.3 is 5.97 Å². The Morgan fingerprint density at radius 1 is 1.12 bits per heavy atom. The number of carbonyl (C=O) groups is 2. The Kier molecular flexibility index (Phi) is 7.88. The molecule has 7 heteroatoms. The first-order valence-electron chi connectivity index (χ1n) is 8.91. The molecule has 0 aromatic heterocycles. The Hall–Kier alpha value is -1.24. The molecule has 3 atom stereocenters. The Morgan fingerprint density at radius 2 is 1.79 bits per heavy atom. The largest absolute Gasteiger partial charge is 0.481 e. The third-order valence-corrected chi connectivity index (χ3v) is 6.03. The highest BCUT2D eigenvalue weighted by Crippen LogP contribution is 2.37. The number of hydrogen-bond acceptors (Lipinski definition) is 6. The number of thioether (sulfide) groups is 1.